The quantitative estimate of drug-likeness (QED) is 0.897. The van der Waals surface area contributed by atoms with Crippen molar-refractivity contribution in [1.29, 1.82) is 0 Å². The second-order valence-corrected chi connectivity index (χ2v) is 6.79. The molecule has 2 fully saturated rings. The first-order valence-corrected chi connectivity index (χ1v) is 8.12. The van der Waals surface area contributed by atoms with E-state index in [9.17, 15) is 9.90 Å². The molecule has 0 aromatic heterocycles. The first-order chi connectivity index (χ1) is 10.1. The second kappa shape index (κ2) is 5.98. The van der Waals surface area contributed by atoms with Crippen molar-refractivity contribution < 1.29 is 14.6 Å². The first kappa shape index (κ1) is 14.9. The van der Waals surface area contributed by atoms with Gasteiger partial charge in [0.15, 0.2) is 0 Å². The molecule has 21 heavy (non-hydrogen) atoms. The summed E-state index contributed by atoms with van der Waals surface area (Å²) < 4.78 is 6.25. The van der Waals surface area contributed by atoms with Crippen LogP contribution in [0.25, 0.3) is 0 Å². The summed E-state index contributed by atoms with van der Waals surface area (Å²) in [6, 6.07) is 7.16. The molecule has 1 aromatic carbocycles. The minimum Gasteiger partial charge on any atom is -0.481 e. The molecule has 1 aliphatic heterocycles. The fraction of sp³-hybridized carbons (Fsp3) is 0.588. The number of benzene rings is 1. The Balaban J connectivity index is 1.70. The van der Waals surface area contributed by atoms with Gasteiger partial charge < -0.3 is 9.84 Å². The summed E-state index contributed by atoms with van der Waals surface area (Å²) in [5, 5.41) is 10.1. The van der Waals surface area contributed by atoms with Crippen molar-refractivity contribution in [3.05, 3.63) is 34.9 Å². The molecule has 2 atom stereocenters. The van der Waals surface area contributed by atoms with E-state index in [0.29, 0.717) is 11.4 Å². The summed E-state index contributed by atoms with van der Waals surface area (Å²) in [6.07, 6.45) is 7.41. The zero-order valence-corrected chi connectivity index (χ0v) is 12.8. The van der Waals surface area contributed by atoms with E-state index in [-0.39, 0.29) is 11.7 Å². The van der Waals surface area contributed by atoms with Gasteiger partial charge in [-0.3, -0.25) is 4.79 Å². The summed E-state index contributed by atoms with van der Waals surface area (Å²) in [5.74, 6) is -1.33. The van der Waals surface area contributed by atoms with E-state index in [2.05, 4.69) is 0 Å². The van der Waals surface area contributed by atoms with Crippen LogP contribution in [0.4, 0.5) is 0 Å². The summed E-state index contributed by atoms with van der Waals surface area (Å²) in [5.41, 5.74) is 0.827. The monoisotopic (exact) mass is 308 g/mol. The molecule has 0 amide bonds. The van der Waals surface area contributed by atoms with E-state index in [4.69, 9.17) is 16.3 Å². The number of ether oxygens (including phenoxy) is 1. The van der Waals surface area contributed by atoms with Gasteiger partial charge in [-0.05, 0) is 49.8 Å². The Hall–Kier alpha value is -1.06. The summed E-state index contributed by atoms with van der Waals surface area (Å²) in [6.45, 7) is 0. The third-order valence-electron chi connectivity index (χ3n) is 4.90. The smallest absolute Gasteiger partial charge is 0.311 e. The van der Waals surface area contributed by atoms with Gasteiger partial charge in [0, 0.05) is 5.02 Å². The molecule has 114 valence electrons. The van der Waals surface area contributed by atoms with E-state index >= 15 is 0 Å². The van der Waals surface area contributed by atoms with Crippen LogP contribution in [0.1, 0.15) is 56.4 Å². The highest BCUT2D eigenvalue weighted by Gasteiger charge is 2.43. The van der Waals surface area contributed by atoms with Crippen LogP contribution < -0.4 is 0 Å². The third kappa shape index (κ3) is 3.24. The number of carboxylic acids is 1. The fourth-order valence-corrected chi connectivity index (χ4v) is 4.01. The van der Waals surface area contributed by atoms with Crippen LogP contribution in [-0.2, 0) is 9.53 Å². The van der Waals surface area contributed by atoms with Gasteiger partial charge in [0.05, 0.1) is 17.6 Å². The van der Waals surface area contributed by atoms with Crippen LogP contribution in [0.5, 0.6) is 0 Å². The van der Waals surface area contributed by atoms with E-state index in [1.54, 1.807) is 12.1 Å². The highest BCUT2D eigenvalue weighted by molar-refractivity contribution is 6.30. The molecular formula is C17H21ClO3. The van der Waals surface area contributed by atoms with Crippen molar-refractivity contribution in [1.82, 2.24) is 0 Å². The number of rotatable bonds is 4. The lowest BCUT2D eigenvalue weighted by atomic mass is 9.91. The van der Waals surface area contributed by atoms with Gasteiger partial charge >= 0.3 is 5.97 Å². The van der Waals surface area contributed by atoms with E-state index in [0.717, 1.165) is 31.2 Å². The second-order valence-electron chi connectivity index (χ2n) is 6.35. The van der Waals surface area contributed by atoms with Crippen LogP contribution in [0.3, 0.4) is 0 Å². The van der Waals surface area contributed by atoms with Crippen molar-refractivity contribution >= 4 is 17.6 Å². The van der Waals surface area contributed by atoms with Gasteiger partial charge in [-0.25, -0.2) is 0 Å². The predicted molar refractivity (Wildman–Crippen MR) is 81.8 cm³/mol. The Kier molecular flexibility index (Phi) is 4.23. The molecule has 4 heteroatoms. The average Bonchev–Trinajstić information content (AvgIpc) is 3.06. The molecule has 0 radical (unpaired) electrons. The summed E-state index contributed by atoms with van der Waals surface area (Å²) >= 11 is 5.98. The third-order valence-corrected chi connectivity index (χ3v) is 5.14. The van der Waals surface area contributed by atoms with E-state index < -0.39 is 11.9 Å². The molecule has 3 nitrogen and oxygen atoms in total. The number of hydrogen-bond acceptors (Lipinski definition) is 2. The lowest BCUT2D eigenvalue weighted by Crippen LogP contribution is -2.26. The molecule has 1 heterocycles. The zero-order valence-electron chi connectivity index (χ0n) is 12.1. The zero-order chi connectivity index (χ0) is 14.9. The van der Waals surface area contributed by atoms with Crippen molar-refractivity contribution in [3.63, 3.8) is 0 Å². The van der Waals surface area contributed by atoms with Crippen LogP contribution >= 0.6 is 11.6 Å². The van der Waals surface area contributed by atoms with Gasteiger partial charge in [0.2, 0.25) is 0 Å². The predicted octanol–water partition coefficient (Wildman–Crippen LogP) is 4.39. The normalized spacial score (nSPS) is 25.3. The molecule has 0 bridgehead atoms. The van der Waals surface area contributed by atoms with Gasteiger partial charge in [-0.15, -0.1) is 0 Å². The minimum absolute atomic E-state index is 0.0576. The number of carboxylic acid groups (broad SMARTS) is 1. The summed E-state index contributed by atoms with van der Waals surface area (Å²) in [7, 11) is 0. The fourth-order valence-electron chi connectivity index (χ4n) is 3.81. The summed E-state index contributed by atoms with van der Waals surface area (Å²) in [4.78, 5) is 11.6. The standard InChI is InChI=1S/C17H21ClO3/c18-13-5-3-4-12(10-13)15(16(19)20)11-14-6-9-17(21-14)7-1-2-8-17/h3-5,10,14-15H,1-2,6-9,11H2,(H,19,20). The Morgan fingerprint density at radius 1 is 1.38 bits per heavy atom. The maximum absolute atomic E-state index is 11.6. The first-order valence-electron chi connectivity index (χ1n) is 7.74. The molecule has 1 aromatic rings. The average molecular weight is 309 g/mol. The number of halogens is 1. The van der Waals surface area contributed by atoms with Crippen molar-refractivity contribution in [2.75, 3.05) is 0 Å². The Morgan fingerprint density at radius 3 is 2.81 bits per heavy atom. The molecule has 1 aliphatic carbocycles. The number of hydrogen-bond donors (Lipinski definition) is 1. The maximum Gasteiger partial charge on any atom is 0.311 e. The molecule has 1 N–H and O–H groups in total. The Bertz CT molecular complexity index is 523. The Morgan fingerprint density at radius 2 is 2.14 bits per heavy atom. The van der Waals surface area contributed by atoms with Crippen LogP contribution in [0, 0.1) is 0 Å². The SMILES string of the molecule is O=C(O)C(CC1CCC2(CCCC2)O1)c1cccc(Cl)c1. The molecule has 2 unspecified atom stereocenters. The minimum atomic E-state index is -0.798. The molecule has 1 saturated carbocycles. The molecule has 2 aliphatic rings. The number of carbonyl (C=O) groups is 1. The lowest BCUT2D eigenvalue weighted by molar-refractivity contribution is -0.140. The van der Waals surface area contributed by atoms with Gasteiger partial charge in [0.1, 0.15) is 0 Å². The van der Waals surface area contributed by atoms with Crippen LogP contribution in [-0.4, -0.2) is 22.8 Å². The molecule has 1 saturated heterocycles. The van der Waals surface area contributed by atoms with Crippen molar-refractivity contribution in [2.24, 2.45) is 0 Å². The molecule has 1 spiro atoms. The number of aliphatic carboxylic acids is 1. The lowest BCUT2D eigenvalue weighted by Gasteiger charge is -2.25. The highest BCUT2D eigenvalue weighted by atomic mass is 35.5. The van der Waals surface area contributed by atoms with Gasteiger partial charge in [-0.2, -0.15) is 0 Å². The topological polar surface area (TPSA) is 46.5 Å². The van der Waals surface area contributed by atoms with Gasteiger partial charge in [0.25, 0.3) is 0 Å². The Labute approximate surface area is 130 Å². The van der Waals surface area contributed by atoms with E-state index in [1.807, 2.05) is 12.1 Å². The highest BCUT2D eigenvalue weighted by Crippen LogP contribution is 2.45. The van der Waals surface area contributed by atoms with Crippen LogP contribution in [0.15, 0.2) is 24.3 Å². The maximum atomic E-state index is 11.6. The van der Waals surface area contributed by atoms with Crippen molar-refractivity contribution in [2.45, 2.75) is 62.6 Å². The van der Waals surface area contributed by atoms with Crippen molar-refractivity contribution in [3.8, 4) is 0 Å². The van der Waals surface area contributed by atoms with Gasteiger partial charge in [-0.1, -0.05) is 36.6 Å². The largest absolute Gasteiger partial charge is 0.481 e. The van der Waals surface area contributed by atoms with Crippen LogP contribution in [0.2, 0.25) is 5.02 Å². The molecule has 3 rings (SSSR count). The van der Waals surface area contributed by atoms with E-state index in [1.165, 1.54) is 12.8 Å². The molecular weight excluding hydrogens is 288 g/mol.